The molecule has 0 bridgehead atoms. The molecule has 0 aromatic heterocycles. The summed E-state index contributed by atoms with van der Waals surface area (Å²) in [5.41, 5.74) is 1.90. The Bertz CT molecular complexity index is 573. The number of allylic oxidation sites excluding steroid dienone is 1. The van der Waals surface area contributed by atoms with Crippen molar-refractivity contribution in [1.82, 2.24) is 0 Å². The number of aliphatic hydroxyl groups excluding tert-OH is 1. The third-order valence-corrected chi connectivity index (χ3v) is 9.38. The third-order valence-electron chi connectivity index (χ3n) is 9.38. The Kier molecular flexibility index (Phi) is 4.63. The van der Waals surface area contributed by atoms with E-state index < -0.39 is 5.60 Å². The van der Waals surface area contributed by atoms with E-state index >= 15 is 0 Å². The molecule has 0 amide bonds. The van der Waals surface area contributed by atoms with Crippen molar-refractivity contribution >= 4 is 0 Å². The molecule has 0 aromatic carbocycles. The van der Waals surface area contributed by atoms with Crippen LogP contribution in [-0.4, -0.2) is 21.9 Å². The summed E-state index contributed by atoms with van der Waals surface area (Å²) in [6.07, 6.45) is 14.4. The van der Waals surface area contributed by atoms with Gasteiger partial charge in [-0.3, -0.25) is 0 Å². The maximum Gasteiger partial charge on any atom is 0.0591 e. The third kappa shape index (κ3) is 3.00. The second kappa shape index (κ2) is 6.34. The van der Waals surface area contributed by atoms with Crippen molar-refractivity contribution in [2.45, 2.75) is 104 Å². The summed E-state index contributed by atoms with van der Waals surface area (Å²) < 4.78 is 0. The van der Waals surface area contributed by atoms with Gasteiger partial charge < -0.3 is 10.2 Å². The van der Waals surface area contributed by atoms with E-state index in [0.717, 1.165) is 42.9 Å². The quantitative estimate of drug-likeness (QED) is 0.655. The van der Waals surface area contributed by atoms with Gasteiger partial charge in [0.1, 0.15) is 0 Å². The van der Waals surface area contributed by atoms with Crippen LogP contribution < -0.4 is 0 Å². The van der Waals surface area contributed by atoms with Gasteiger partial charge in [-0.1, -0.05) is 25.5 Å². The zero-order valence-electron chi connectivity index (χ0n) is 17.4. The van der Waals surface area contributed by atoms with Crippen molar-refractivity contribution in [3.8, 4) is 0 Å². The van der Waals surface area contributed by atoms with Gasteiger partial charge in [-0.15, -0.1) is 0 Å². The zero-order chi connectivity index (χ0) is 18.7. The standard InChI is InChI=1S/C24H40O2/c1-22(2,26)12-9-16-6-8-20-19-7-5-17-15-18(25)10-13-24(17,4)21(19)11-14-23(16,20)3/h5,16,18-21,25-26H,6-15H2,1-4H3/t16-,18?,19?,20?,21?,23?,24?/m1/s1. The molecule has 6 unspecified atom stereocenters. The van der Waals surface area contributed by atoms with Crippen molar-refractivity contribution in [2.75, 3.05) is 0 Å². The first-order chi connectivity index (χ1) is 12.1. The molecule has 26 heavy (non-hydrogen) atoms. The van der Waals surface area contributed by atoms with Crippen LogP contribution in [0.5, 0.6) is 0 Å². The fourth-order valence-electron chi connectivity index (χ4n) is 7.75. The van der Waals surface area contributed by atoms with Crippen LogP contribution >= 0.6 is 0 Å². The lowest BCUT2D eigenvalue weighted by Crippen LogP contribution is -2.50. The lowest BCUT2D eigenvalue weighted by molar-refractivity contribution is -0.0534. The second-order valence-corrected chi connectivity index (χ2v) is 11.3. The van der Waals surface area contributed by atoms with E-state index in [1.54, 1.807) is 5.57 Å². The predicted molar refractivity (Wildman–Crippen MR) is 107 cm³/mol. The highest BCUT2D eigenvalue weighted by Crippen LogP contribution is 2.66. The fraction of sp³-hybridized carbons (Fsp3) is 0.917. The van der Waals surface area contributed by atoms with Crippen molar-refractivity contribution in [1.29, 1.82) is 0 Å². The molecule has 3 saturated carbocycles. The summed E-state index contributed by atoms with van der Waals surface area (Å²) in [5.74, 6) is 3.35. The first kappa shape index (κ1) is 19.0. The highest BCUT2D eigenvalue weighted by Gasteiger charge is 2.58. The smallest absolute Gasteiger partial charge is 0.0591 e. The van der Waals surface area contributed by atoms with E-state index in [-0.39, 0.29) is 6.10 Å². The number of hydrogen-bond donors (Lipinski definition) is 2. The topological polar surface area (TPSA) is 40.5 Å². The van der Waals surface area contributed by atoms with E-state index in [0.29, 0.717) is 10.8 Å². The second-order valence-electron chi connectivity index (χ2n) is 11.3. The van der Waals surface area contributed by atoms with E-state index in [4.69, 9.17) is 0 Å². The van der Waals surface area contributed by atoms with E-state index in [1.807, 2.05) is 13.8 Å². The number of fused-ring (bicyclic) bond motifs is 5. The van der Waals surface area contributed by atoms with Crippen molar-refractivity contribution in [2.24, 2.45) is 34.5 Å². The Morgan fingerprint density at radius 3 is 2.58 bits per heavy atom. The molecule has 7 atom stereocenters. The van der Waals surface area contributed by atoms with Crippen LogP contribution in [0, 0.1) is 34.5 Å². The van der Waals surface area contributed by atoms with Crippen LogP contribution in [0.4, 0.5) is 0 Å². The Balaban J connectivity index is 1.54. The number of rotatable bonds is 3. The Morgan fingerprint density at radius 2 is 1.85 bits per heavy atom. The van der Waals surface area contributed by atoms with Crippen LogP contribution in [0.15, 0.2) is 11.6 Å². The fourth-order valence-corrected chi connectivity index (χ4v) is 7.75. The van der Waals surface area contributed by atoms with Crippen molar-refractivity contribution in [3.63, 3.8) is 0 Å². The monoisotopic (exact) mass is 360 g/mol. The Hall–Kier alpha value is -0.340. The Labute approximate surface area is 160 Å². The molecule has 4 aliphatic carbocycles. The maximum atomic E-state index is 10.2. The van der Waals surface area contributed by atoms with Crippen molar-refractivity contribution in [3.05, 3.63) is 11.6 Å². The molecular formula is C24H40O2. The summed E-state index contributed by atoms with van der Waals surface area (Å²) >= 11 is 0. The van der Waals surface area contributed by atoms with Gasteiger partial charge >= 0.3 is 0 Å². The summed E-state index contributed by atoms with van der Waals surface area (Å²) in [4.78, 5) is 0. The number of hydrogen-bond acceptors (Lipinski definition) is 2. The van der Waals surface area contributed by atoms with Crippen LogP contribution in [-0.2, 0) is 0 Å². The van der Waals surface area contributed by atoms with Crippen LogP contribution in [0.1, 0.15) is 91.9 Å². The van der Waals surface area contributed by atoms with E-state index in [9.17, 15) is 10.2 Å². The largest absolute Gasteiger partial charge is 0.393 e. The molecule has 0 spiro atoms. The molecule has 0 aliphatic heterocycles. The molecule has 0 heterocycles. The van der Waals surface area contributed by atoms with Gasteiger partial charge in [0.25, 0.3) is 0 Å². The molecule has 3 fully saturated rings. The summed E-state index contributed by atoms with van der Waals surface area (Å²) in [7, 11) is 0. The van der Waals surface area contributed by atoms with E-state index in [1.165, 1.54) is 44.9 Å². The summed E-state index contributed by atoms with van der Waals surface area (Å²) in [6.45, 7) is 9.03. The zero-order valence-corrected chi connectivity index (χ0v) is 17.4. The molecule has 0 saturated heterocycles. The molecule has 2 nitrogen and oxygen atoms in total. The number of aliphatic hydroxyl groups is 2. The molecule has 2 heteroatoms. The highest BCUT2D eigenvalue weighted by molar-refractivity contribution is 5.25. The highest BCUT2D eigenvalue weighted by atomic mass is 16.3. The molecule has 4 rings (SSSR count). The normalized spacial score (nSPS) is 48.4. The first-order valence-electron chi connectivity index (χ1n) is 11.2. The van der Waals surface area contributed by atoms with E-state index in [2.05, 4.69) is 19.9 Å². The SMILES string of the molecule is CC(C)(O)CC[C@H]1CCC2C3CC=C4CC(O)CCC4(C)C3CCC21C. The molecule has 4 aliphatic rings. The minimum absolute atomic E-state index is 0.0996. The van der Waals surface area contributed by atoms with Gasteiger partial charge in [0.15, 0.2) is 0 Å². The van der Waals surface area contributed by atoms with Crippen LogP contribution in [0.25, 0.3) is 0 Å². The molecule has 148 valence electrons. The summed E-state index contributed by atoms with van der Waals surface area (Å²) in [5, 5.41) is 20.3. The minimum Gasteiger partial charge on any atom is -0.393 e. The van der Waals surface area contributed by atoms with Gasteiger partial charge in [0, 0.05) is 0 Å². The predicted octanol–water partition coefficient (Wildman–Crippen LogP) is 5.48. The lowest BCUT2D eigenvalue weighted by Gasteiger charge is -2.58. The average Bonchev–Trinajstić information content (AvgIpc) is 2.89. The van der Waals surface area contributed by atoms with Gasteiger partial charge in [0.2, 0.25) is 0 Å². The minimum atomic E-state index is -0.523. The van der Waals surface area contributed by atoms with Crippen molar-refractivity contribution < 1.29 is 10.2 Å². The Morgan fingerprint density at radius 1 is 1.08 bits per heavy atom. The maximum absolute atomic E-state index is 10.2. The average molecular weight is 361 g/mol. The van der Waals surface area contributed by atoms with Gasteiger partial charge in [-0.25, -0.2) is 0 Å². The molecule has 2 N–H and O–H groups in total. The molecular weight excluding hydrogens is 320 g/mol. The molecule has 0 aromatic rings. The van der Waals surface area contributed by atoms with Crippen LogP contribution in [0.2, 0.25) is 0 Å². The van der Waals surface area contributed by atoms with Gasteiger partial charge in [0.05, 0.1) is 11.7 Å². The molecule has 0 radical (unpaired) electrons. The van der Waals surface area contributed by atoms with Crippen LogP contribution in [0.3, 0.4) is 0 Å². The van der Waals surface area contributed by atoms with Gasteiger partial charge in [-0.2, -0.15) is 0 Å². The lowest BCUT2D eigenvalue weighted by atomic mass is 9.47. The first-order valence-corrected chi connectivity index (χ1v) is 11.2. The summed E-state index contributed by atoms with van der Waals surface area (Å²) in [6, 6.07) is 0. The van der Waals surface area contributed by atoms with Gasteiger partial charge in [-0.05, 0) is 113 Å².